The van der Waals surface area contributed by atoms with Gasteiger partial charge in [-0.25, -0.2) is 4.39 Å². The molecule has 4 heteroatoms. The van der Waals surface area contributed by atoms with E-state index >= 15 is 0 Å². The van der Waals surface area contributed by atoms with Gasteiger partial charge in [0.2, 0.25) is 0 Å². The van der Waals surface area contributed by atoms with Crippen LogP contribution in [0.2, 0.25) is 10.0 Å². The summed E-state index contributed by atoms with van der Waals surface area (Å²) in [7, 11) is 0. The first-order valence-electron chi connectivity index (χ1n) is 6.86. The molecule has 0 amide bonds. The third-order valence-corrected chi connectivity index (χ3v) is 4.98. The van der Waals surface area contributed by atoms with Gasteiger partial charge in [-0.1, -0.05) is 29.3 Å². The number of fused-ring (bicyclic) bond motifs is 1. The predicted octanol–water partition coefficient (Wildman–Crippen LogP) is 5.21. The Hall–Kier alpha value is -0.310. The lowest BCUT2D eigenvalue weighted by atomic mass is 9.71. The van der Waals surface area contributed by atoms with Crippen molar-refractivity contribution in [3.05, 3.63) is 33.8 Å². The van der Waals surface area contributed by atoms with Crippen LogP contribution in [0.4, 0.5) is 4.39 Å². The van der Waals surface area contributed by atoms with Crippen LogP contribution >= 0.6 is 23.2 Å². The number of benzene rings is 1. The average Bonchev–Trinajstić information content (AvgIpc) is 2.38. The summed E-state index contributed by atoms with van der Waals surface area (Å²) in [5, 5.41) is 1.29. The van der Waals surface area contributed by atoms with Crippen molar-refractivity contribution in [3.8, 4) is 0 Å². The Morgan fingerprint density at radius 1 is 1.16 bits per heavy atom. The Bertz CT molecular complexity index is 465. The predicted molar refractivity (Wildman–Crippen MR) is 75.5 cm³/mol. The molecule has 3 rings (SSSR count). The van der Waals surface area contributed by atoms with Gasteiger partial charge in [0.1, 0.15) is 6.17 Å². The second-order valence-electron chi connectivity index (χ2n) is 5.58. The van der Waals surface area contributed by atoms with Crippen molar-refractivity contribution in [2.45, 2.75) is 38.0 Å². The van der Waals surface area contributed by atoms with Crippen LogP contribution in [-0.2, 0) is 4.74 Å². The second-order valence-corrected chi connectivity index (χ2v) is 6.42. The average molecular weight is 303 g/mol. The van der Waals surface area contributed by atoms with Gasteiger partial charge in [-0.15, -0.1) is 0 Å². The molecule has 0 aromatic heterocycles. The number of halogens is 3. The van der Waals surface area contributed by atoms with Crippen LogP contribution in [0.25, 0.3) is 0 Å². The molecule has 0 spiro atoms. The minimum Gasteiger partial charge on any atom is -0.373 e. The molecule has 1 saturated heterocycles. The summed E-state index contributed by atoms with van der Waals surface area (Å²) in [5.74, 6) is 0.814. The Morgan fingerprint density at radius 3 is 2.79 bits per heavy atom. The van der Waals surface area contributed by atoms with Crippen molar-refractivity contribution in [3.63, 3.8) is 0 Å². The monoisotopic (exact) mass is 302 g/mol. The maximum Gasteiger partial charge on any atom is 0.100 e. The zero-order valence-corrected chi connectivity index (χ0v) is 12.1. The molecule has 1 saturated carbocycles. The quantitative estimate of drug-likeness (QED) is 0.692. The van der Waals surface area contributed by atoms with Gasteiger partial charge < -0.3 is 4.74 Å². The van der Waals surface area contributed by atoms with E-state index in [-0.39, 0.29) is 6.10 Å². The third kappa shape index (κ3) is 2.76. The molecule has 1 aromatic rings. The van der Waals surface area contributed by atoms with E-state index in [2.05, 4.69) is 0 Å². The molecular formula is C15H17Cl2FO. The van der Waals surface area contributed by atoms with Crippen molar-refractivity contribution >= 4 is 23.2 Å². The topological polar surface area (TPSA) is 9.23 Å². The second kappa shape index (κ2) is 5.59. The van der Waals surface area contributed by atoms with Crippen molar-refractivity contribution in [1.29, 1.82) is 0 Å². The molecule has 19 heavy (non-hydrogen) atoms. The lowest BCUT2D eigenvalue weighted by molar-refractivity contribution is -0.0831. The van der Waals surface area contributed by atoms with Gasteiger partial charge in [0.25, 0.3) is 0 Å². The van der Waals surface area contributed by atoms with Crippen LogP contribution in [0.3, 0.4) is 0 Å². The molecule has 1 aliphatic carbocycles. The Labute approximate surface area is 123 Å². The molecule has 1 unspecified atom stereocenters. The molecule has 0 N–H and O–H groups in total. The molecule has 4 atom stereocenters. The SMILES string of the molecule is FC1CC[C@H]2[C@@H](CCO[C@@H]2c2ccc(Cl)cc2Cl)C1. The standard InChI is InChI=1S/C15H17Cl2FO/c16-10-1-3-13(14(17)8-10)15-12-4-2-11(18)7-9(12)5-6-19-15/h1,3,8-9,11-12,15H,2,4-7H2/t9-,11?,12-,15-/m0/s1. The highest BCUT2D eigenvalue weighted by Crippen LogP contribution is 2.47. The smallest absolute Gasteiger partial charge is 0.100 e. The van der Waals surface area contributed by atoms with Crippen LogP contribution in [0.1, 0.15) is 37.4 Å². The van der Waals surface area contributed by atoms with Crippen molar-refractivity contribution < 1.29 is 9.13 Å². The molecule has 2 aliphatic rings. The molecule has 0 radical (unpaired) electrons. The molecule has 0 bridgehead atoms. The number of ether oxygens (including phenoxy) is 1. The summed E-state index contributed by atoms with van der Waals surface area (Å²) in [4.78, 5) is 0. The van der Waals surface area contributed by atoms with Gasteiger partial charge in [-0.05, 0) is 55.2 Å². The van der Waals surface area contributed by atoms with Crippen molar-refractivity contribution in [2.75, 3.05) is 6.61 Å². The first-order valence-corrected chi connectivity index (χ1v) is 7.61. The minimum absolute atomic E-state index is 0.00369. The lowest BCUT2D eigenvalue weighted by Gasteiger charge is -2.42. The normalized spacial score (nSPS) is 34.9. The molecular weight excluding hydrogens is 286 g/mol. The fraction of sp³-hybridized carbons (Fsp3) is 0.600. The van der Waals surface area contributed by atoms with Gasteiger partial charge in [0, 0.05) is 16.7 Å². The van der Waals surface area contributed by atoms with Crippen LogP contribution < -0.4 is 0 Å². The van der Waals surface area contributed by atoms with Crippen molar-refractivity contribution in [1.82, 2.24) is 0 Å². The fourth-order valence-electron chi connectivity index (χ4n) is 3.48. The van der Waals surface area contributed by atoms with Crippen LogP contribution in [0, 0.1) is 11.8 Å². The van der Waals surface area contributed by atoms with Crippen LogP contribution in [0.15, 0.2) is 18.2 Å². The summed E-state index contributed by atoms with van der Waals surface area (Å²) in [6.45, 7) is 0.692. The maximum absolute atomic E-state index is 13.5. The van der Waals surface area contributed by atoms with E-state index in [1.807, 2.05) is 12.1 Å². The van der Waals surface area contributed by atoms with E-state index in [1.54, 1.807) is 6.07 Å². The Kier molecular flexibility index (Phi) is 4.02. The van der Waals surface area contributed by atoms with E-state index < -0.39 is 6.17 Å². The summed E-state index contributed by atoms with van der Waals surface area (Å²) in [5.41, 5.74) is 0.998. The maximum atomic E-state index is 13.5. The lowest BCUT2D eigenvalue weighted by Crippen LogP contribution is -2.36. The fourth-order valence-corrected chi connectivity index (χ4v) is 4.00. The van der Waals surface area contributed by atoms with E-state index in [1.165, 1.54) is 0 Å². The molecule has 1 aromatic carbocycles. The Morgan fingerprint density at radius 2 is 2.00 bits per heavy atom. The van der Waals surface area contributed by atoms with Gasteiger partial charge in [0.15, 0.2) is 0 Å². The first-order chi connectivity index (χ1) is 9.15. The van der Waals surface area contributed by atoms with E-state index in [9.17, 15) is 4.39 Å². The molecule has 1 nitrogen and oxygen atoms in total. The highest BCUT2D eigenvalue weighted by atomic mass is 35.5. The highest BCUT2D eigenvalue weighted by Gasteiger charge is 2.40. The van der Waals surface area contributed by atoms with E-state index in [0.29, 0.717) is 41.3 Å². The van der Waals surface area contributed by atoms with Gasteiger partial charge in [0.05, 0.1) is 6.10 Å². The molecule has 1 heterocycles. The van der Waals surface area contributed by atoms with Gasteiger partial charge >= 0.3 is 0 Å². The molecule has 104 valence electrons. The zero-order valence-electron chi connectivity index (χ0n) is 10.6. The largest absolute Gasteiger partial charge is 0.373 e. The van der Waals surface area contributed by atoms with Gasteiger partial charge in [-0.3, -0.25) is 0 Å². The summed E-state index contributed by atoms with van der Waals surface area (Å²) in [6, 6.07) is 5.54. The number of hydrogen-bond acceptors (Lipinski definition) is 1. The van der Waals surface area contributed by atoms with Crippen molar-refractivity contribution in [2.24, 2.45) is 11.8 Å². The summed E-state index contributed by atoms with van der Waals surface area (Å²) < 4.78 is 19.5. The van der Waals surface area contributed by atoms with E-state index in [4.69, 9.17) is 27.9 Å². The highest BCUT2D eigenvalue weighted by molar-refractivity contribution is 6.35. The number of alkyl halides is 1. The van der Waals surface area contributed by atoms with Crippen LogP contribution in [0.5, 0.6) is 0 Å². The summed E-state index contributed by atoms with van der Waals surface area (Å²) >= 11 is 12.2. The summed E-state index contributed by atoms with van der Waals surface area (Å²) in [6.07, 6.45) is 2.53. The van der Waals surface area contributed by atoms with Crippen LogP contribution in [-0.4, -0.2) is 12.8 Å². The molecule has 1 aliphatic heterocycles. The Balaban J connectivity index is 1.87. The minimum atomic E-state index is -0.638. The van der Waals surface area contributed by atoms with Gasteiger partial charge in [-0.2, -0.15) is 0 Å². The first kappa shape index (κ1) is 13.7. The number of hydrogen-bond donors (Lipinski definition) is 0. The molecule has 2 fully saturated rings. The zero-order chi connectivity index (χ0) is 13.4. The third-order valence-electron chi connectivity index (χ3n) is 4.42. The number of rotatable bonds is 1. The van der Waals surface area contributed by atoms with E-state index in [0.717, 1.165) is 18.4 Å².